The lowest BCUT2D eigenvalue weighted by atomic mass is 9.72. The molecular formula is C134H184F6N4O5. The SMILES string of the molecule is [C-]#[N+]C1(CCCCCCC)CCC(c2ccc(-c3ccc(OC(=O)[C@@](C)(F)CCCCC)cc3)cc2)CC1.[C-]#[N+]C1(CCCCCCC)CCC(c2ccc(-c3ccc(OCC(F)C(F)CCC)cc3)cc2)CC1.[C-]#[N+]C1(CCCCCCC)CCC(c2ccc(-c3ccc(OCC(F)C(F)CCCCC)cc3)cc2)CC1.[C-]#[N+]C1(CCCCCCC)CCC(c2ccc(-c3ccc(OC[C@@](C)(F)CCCCC)cc3)cc2)CC1. The summed E-state index contributed by atoms with van der Waals surface area (Å²) in [5.41, 5.74) is 10.6. The number of rotatable bonds is 59. The Hall–Kier alpha value is -9.83. The number of benzene rings is 8. The lowest BCUT2D eigenvalue weighted by Gasteiger charge is -2.31. The van der Waals surface area contributed by atoms with Crippen LogP contribution < -0.4 is 18.9 Å². The minimum absolute atomic E-state index is 0.0970. The summed E-state index contributed by atoms with van der Waals surface area (Å²) in [5, 5.41) is 0. The van der Waals surface area contributed by atoms with Crippen LogP contribution in [0.15, 0.2) is 194 Å². The lowest BCUT2D eigenvalue weighted by molar-refractivity contribution is -0.147. The quantitative estimate of drug-likeness (QED) is 0.0125. The number of ether oxygens (including phenoxy) is 4. The molecule has 4 saturated carbocycles. The van der Waals surface area contributed by atoms with Gasteiger partial charge in [0, 0.05) is 77.0 Å². The standard InChI is InChI=1S/C34H47F2NO.C34H46FNO2.C34H48FNO.C32H43F2NO/c1-4-6-8-9-11-23-34(37-3)24-21-30(22-25-34)28-15-13-27(14-16-28)29-17-19-31(20-18-29)38-26-33(36)32(35)12-10-7-5-2;1-5-7-9-10-12-24-34(36-4)25-21-30(22-26-34)28-15-13-27(14-16-28)29-17-19-31(20-18-29)38-32(37)33(3,35)23-11-8-6-2;1-5-7-9-10-12-24-34(36-4)25-21-31(22-26-34)29-15-13-28(14-16-29)30-17-19-32(20-18-30)37-27-33(3,35)23-11-8-6-2;1-4-6-7-8-9-21-32(35-3)22-19-28(20-23-32)26-13-11-25(12-14-26)27-15-17-29(18-16-27)36-24-31(34)30(33)10-5-2/h13-20,30,32-33H,4-12,21-26H2,1-2H3;13-20,30H,5-12,21-26H2,1-3H3;13-20,31H,5-12,21-27H2,1-3H3;11-18,28,30-31H,4-10,19-24H2,1-2H3/t;30?,33-,34?;31?,33-,34?;/m.00./s1. The zero-order chi connectivity index (χ0) is 107. The van der Waals surface area contributed by atoms with E-state index in [0.29, 0.717) is 66.6 Å². The van der Waals surface area contributed by atoms with E-state index in [0.717, 1.165) is 218 Å². The molecule has 0 saturated heterocycles. The number of unbranched alkanes of at least 4 members (excludes halogenated alkanes) is 22. The van der Waals surface area contributed by atoms with Crippen LogP contribution in [0.2, 0.25) is 0 Å². The van der Waals surface area contributed by atoms with E-state index in [1.54, 1.807) is 19.1 Å². The monoisotopic (exact) mass is 2040 g/mol. The van der Waals surface area contributed by atoms with Gasteiger partial charge in [0.05, 0.1) is 0 Å². The molecule has 0 aliphatic heterocycles. The van der Waals surface area contributed by atoms with Crippen LogP contribution in [-0.4, -0.2) is 84.0 Å². The van der Waals surface area contributed by atoms with E-state index < -0.39 is 42.0 Å². The summed E-state index contributed by atoms with van der Waals surface area (Å²) in [6.07, 6.45) is 50.5. The number of halogens is 6. The fourth-order valence-electron chi connectivity index (χ4n) is 22.5. The highest BCUT2D eigenvalue weighted by atomic mass is 19.2. The normalized spacial score (nSPS) is 21.1. The Balaban J connectivity index is 0.000000221. The van der Waals surface area contributed by atoms with E-state index in [2.05, 4.69) is 177 Å². The minimum atomic E-state index is -1.97. The highest BCUT2D eigenvalue weighted by molar-refractivity contribution is 5.81. The van der Waals surface area contributed by atoms with Crippen molar-refractivity contribution in [1.82, 2.24) is 0 Å². The van der Waals surface area contributed by atoms with Gasteiger partial charge < -0.3 is 38.3 Å². The van der Waals surface area contributed by atoms with Crippen molar-refractivity contribution in [3.8, 4) is 67.5 Å². The van der Waals surface area contributed by atoms with Crippen molar-refractivity contribution >= 4 is 5.97 Å². The maximum Gasteiger partial charge on any atom is 0.348 e. The van der Waals surface area contributed by atoms with Gasteiger partial charge in [0.1, 0.15) is 60.8 Å². The first-order valence-electron chi connectivity index (χ1n) is 58.6. The van der Waals surface area contributed by atoms with Crippen LogP contribution in [0, 0.1) is 26.3 Å². The summed E-state index contributed by atoms with van der Waals surface area (Å²) < 4.78 is 107. The molecule has 4 aliphatic rings. The van der Waals surface area contributed by atoms with Crippen LogP contribution in [0.1, 0.15) is 462 Å². The zero-order valence-corrected chi connectivity index (χ0v) is 93.0. The molecule has 149 heavy (non-hydrogen) atoms. The first kappa shape index (κ1) is 123. The van der Waals surface area contributed by atoms with Gasteiger partial charge in [-0.2, -0.15) is 0 Å². The first-order valence-corrected chi connectivity index (χ1v) is 58.6. The molecule has 6 atom stereocenters. The molecule has 812 valence electrons. The predicted octanol–water partition coefficient (Wildman–Crippen LogP) is 41.5. The molecule has 0 aromatic heterocycles. The zero-order valence-electron chi connectivity index (χ0n) is 93.0. The van der Waals surface area contributed by atoms with E-state index in [-0.39, 0.29) is 61.2 Å². The average molecular weight is 2040 g/mol. The van der Waals surface area contributed by atoms with E-state index in [9.17, 15) is 31.1 Å². The Morgan fingerprint density at radius 3 is 0.779 bits per heavy atom. The smallest absolute Gasteiger partial charge is 0.348 e. The van der Waals surface area contributed by atoms with Gasteiger partial charge in [-0.3, -0.25) is 0 Å². The number of alkyl halides is 6. The van der Waals surface area contributed by atoms with Gasteiger partial charge in [-0.05, 0) is 262 Å². The Bertz CT molecular complexity index is 5160. The van der Waals surface area contributed by atoms with Gasteiger partial charge in [-0.1, -0.05) is 362 Å². The Kier molecular flexibility index (Phi) is 54.5. The molecule has 0 spiro atoms. The van der Waals surface area contributed by atoms with E-state index >= 15 is 0 Å². The number of carbonyl (C=O) groups is 1. The third-order valence-electron chi connectivity index (χ3n) is 32.9. The third-order valence-corrected chi connectivity index (χ3v) is 32.9. The van der Waals surface area contributed by atoms with E-state index in [4.69, 9.17) is 45.2 Å². The van der Waals surface area contributed by atoms with E-state index in [1.165, 1.54) is 163 Å². The molecule has 0 amide bonds. The molecule has 4 fully saturated rings. The highest BCUT2D eigenvalue weighted by Gasteiger charge is 2.45. The van der Waals surface area contributed by atoms with Crippen LogP contribution in [0.4, 0.5) is 26.3 Å². The predicted molar refractivity (Wildman–Crippen MR) is 611 cm³/mol. The second kappa shape index (κ2) is 66.2. The second-order valence-corrected chi connectivity index (χ2v) is 44.9. The maximum atomic E-state index is 14.7. The van der Waals surface area contributed by atoms with Crippen molar-refractivity contribution in [1.29, 1.82) is 0 Å². The number of esters is 1. The van der Waals surface area contributed by atoms with Gasteiger partial charge in [-0.25, -0.2) is 57.4 Å². The third kappa shape index (κ3) is 41.6. The van der Waals surface area contributed by atoms with Crippen LogP contribution in [0.3, 0.4) is 0 Å². The van der Waals surface area contributed by atoms with Gasteiger partial charge in [0.2, 0.25) is 27.8 Å². The summed E-state index contributed by atoms with van der Waals surface area (Å²) in [7, 11) is 0. The van der Waals surface area contributed by atoms with Gasteiger partial charge >= 0.3 is 5.97 Å². The molecule has 4 aliphatic carbocycles. The highest BCUT2D eigenvalue weighted by Crippen LogP contribution is 2.49. The molecule has 0 N–H and O–H groups in total. The van der Waals surface area contributed by atoms with E-state index in [1.807, 2.05) is 79.7 Å². The van der Waals surface area contributed by atoms with Gasteiger partial charge in [-0.15, -0.1) is 0 Å². The minimum Gasteiger partial charge on any atom is -0.490 e. The maximum absolute atomic E-state index is 14.7. The Morgan fingerprint density at radius 2 is 0.517 bits per heavy atom. The topological polar surface area (TPSA) is 71.4 Å². The van der Waals surface area contributed by atoms with Gasteiger partial charge in [0.15, 0.2) is 12.3 Å². The molecule has 12 rings (SSSR count). The number of nitrogens with zero attached hydrogens (tertiary/aromatic N) is 4. The summed E-state index contributed by atoms with van der Waals surface area (Å²) in [6, 6.07) is 65.7. The molecule has 8 aromatic carbocycles. The molecule has 4 unspecified atom stereocenters. The molecule has 9 nitrogen and oxygen atoms in total. The summed E-state index contributed by atoms with van der Waals surface area (Å²) in [5.74, 6) is 3.52. The van der Waals surface area contributed by atoms with Crippen molar-refractivity contribution in [2.45, 2.75) is 498 Å². The first-order chi connectivity index (χ1) is 72.2. The molecule has 15 heteroatoms. The molecule has 0 bridgehead atoms. The summed E-state index contributed by atoms with van der Waals surface area (Å²) in [6.45, 7) is 51.0. The second-order valence-electron chi connectivity index (χ2n) is 44.9. The Labute approximate surface area is 897 Å². The fraction of sp³-hybridized carbons (Fsp3) is 0.604. The molecule has 0 radical (unpaired) electrons. The molecular weight excluding hydrogens is 1860 g/mol. The van der Waals surface area contributed by atoms with Crippen molar-refractivity contribution in [2.24, 2.45) is 0 Å². The van der Waals surface area contributed by atoms with Crippen LogP contribution in [0.5, 0.6) is 23.0 Å². The lowest BCUT2D eigenvalue weighted by Crippen LogP contribution is -2.34. The van der Waals surface area contributed by atoms with Crippen molar-refractivity contribution < 1.29 is 50.1 Å². The van der Waals surface area contributed by atoms with Crippen LogP contribution in [-0.2, 0) is 4.79 Å². The average Bonchev–Trinajstić information content (AvgIpc) is 0.821. The number of carbonyl (C=O) groups excluding carboxylic acids is 1. The molecule has 8 aromatic rings. The van der Waals surface area contributed by atoms with Gasteiger partial charge in [0.25, 0.3) is 0 Å². The van der Waals surface area contributed by atoms with Crippen LogP contribution >= 0.6 is 0 Å². The molecule has 0 heterocycles. The fourth-order valence-corrected chi connectivity index (χ4v) is 22.5. The summed E-state index contributed by atoms with van der Waals surface area (Å²) in [4.78, 5) is 28.8. The Morgan fingerprint density at radius 1 is 0.289 bits per heavy atom. The number of hydrogen-bond acceptors (Lipinski definition) is 5. The van der Waals surface area contributed by atoms with Crippen molar-refractivity contribution in [3.05, 3.63) is 262 Å². The number of hydrogen-bond donors (Lipinski definition) is 0. The summed E-state index contributed by atoms with van der Waals surface area (Å²) >= 11 is 0. The van der Waals surface area contributed by atoms with Crippen LogP contribution in [0.25, 0.3) is 63.9 Å². The van der Waals surface area contributed by atoms with Crippen molar-refractivity contribution in [2.75, 3.05) is 19.8 Å². The van der Waals surface area contributed by atoms with Crippen molar-refractivity contribution in [3.63, 3.8) is 0 Å². The largest absolute Gasteiger partial charge is 0.490 e.